The normalized spacial score (nSPS) is 37.8. The molecule has 1 heterocycles. The smallest absolute Gasteiger partial charge is 0.432 e. The maximum absolute atomic E-state index is 11.8. The molecule has 0 radical (unpaired) electrons. The van der Waals surface area contributed by atoms with Crippen molar-refractivity contribution in [2.45, 2.75) is 55.7 Å². The Hall–Kier alpha value is -0.630. The summed E-state index contributed by atoms with van der Waals surface area (Å²) in [6.07, 6.45) is 1.30. The molecule has 0 aromatic rings. The van der Waals surface area contributed by atoms with Gasteiger partial charge in [-0.25, -0.2) is 4.79 Å². The van der Waals surface area contributed by atoms with Crippen molar-refractivity contribution in [2.75, 3.05) is 6.61 Å². The second-order valence-corrected chi connectivity index (χ2v) is 7.01. The second-order valence-electron chi connectivity index (χ2n) is 5.68. The molecule has 1 aliphatic carbocycles. The lowest BCUT2D eigenvalue weighted by Gasteiger charge is -2.46. The standard InChI is InChI=1S/C14H19BrClNO5/c1-4-8(2)14(20)11(15)10(5-6-13(14)7-21-13)22-12(19)17(16)9(3)18/h4,10-11,20H,5-7H2,1-3H3/t10-,11-,13-,14-/m0/s1. The fraction of sp³-hybridized carbons (Fsp3) is 0.714. The Balaban J connectivity index is 2.20. The van der Waals surface area contributed by atoms with E-state index in [9.17, 15) is 14.7 Å². The Kier molecular flexibility index (Phi) is 4.92. The zero-order valence-corrected chi connectivity index (χ0v) is 15.0. The zero-order chi connectivity index (χ0) is 16.7. The first-order valence-electron chi connectivity index (χ1n) is 7.00. The van der Waals surface area contributed by atoms with Crippen molar-refractivity contribution in [3.05, 3.63) is 11.6 Å². The van der Waals surface area contributed by atoms with E-state index in [1.54, 1.807) is 0 Å². The van der Waals surface area contributed by atoms with E-state index < -0.39 is 34.1 Å². The highest BCUT2D eigenvalue weighted by Crippen LogP contribution is 2.54. The van der Waals surface area contributed by atoms with Crippen molar-refractivity contribution in [3.63, 3.8) is 0 Å². The molecule has 0 bridgehead atoms. The van der Waals surface area contributed by atoms with Crippen LogP contribution in [0.2, 0.25) is 0 Å². The molecule has 0 aromatic carbocycles. The van der Waals surface area contributed by atoms with E-state index in [4.69, 9.17) is 21.3 Å². The first-order chi connectivity index (χ1) is 10.2. The molecule has 1 saturated carbocycles. The van der Waals surface area contributed by atoms with Crippen molar-refractivity contribution in [3.8, 4) is 0 Å². The summed E-state index contributed by atoms with van der Waals surface area (Å²) < 4.78 is 11.2. The van der Waals surface area contributed by atoms with E-state index in [0.29, 0.717) is 23.9 Å². The molecule has 1 spiro atoms. The minimum Gasteiger partial charge on any atom is -0.444 e. The molecule has 22 heavy (non-hydrogen) atoms. The highest BCUT2D eigenvalue weighted by atomic mass is 79.9. The van der Waals surface area contributed by atoms with Crippen molar-refractivity contribution in [1.82, 2.24) is 4.42 Å². The highest BCUT2D eigenvalue weighted by Gasteiger charge is 2.68. The number of imide groups is 1. The molecule has 2 amide bonds. The molecule has 8 heteroatoms. The maximum Gasteiger partial charge on any atom is 0.432 e. The van der Waals surface area contributed by atoms with E-state index >= 15 is 0 Å². The first-order valence-corrected chi connectivity index (χ1v) is 8.26. The predicted molar refractivity (Wildman–Crippen MR) is 83.7 cm³/mol. The fourth-order valence-corrected chi connectivity index (χ4v) is 4.09. The molecule has 2 rings (SSSR count). The summed E-state index contributed by atoms with van der Waals surface area (Å²) in [7, 11) is 0. The summed E-state index contributed by atoms with van der Waals surface area (Å²) in [5.74, 6) is -0.629. The second kappa shape index (κ2) is 6.11. The highest BCUT2D eigenvalue weighted by molar-refractivity contribution is 9.09. The maximum atomic E-state index is 11.8. The lowest BCUT2D eigenvalue weighted by atomic mass is 9.70. The molecule has 0 aromatic heterocycles. The molecule has 1 saturated heterocycles. The van der Waals surface area contributed by atoms with Gasteiger partial charge >= 0.3 is 6.09 Å². The zero-order valence-electron chi connectivity index (χ0n) is 12.6. The van der Waals surface area contributed by atoms with E-state index in [0.717, 1.165) is 12.5 Å². The number of allylic oxidation sites excluding steroid dienone is 1. The van der Waals surface area contributed by atoms with Gasteiger partial charge in [0.05, 0.1) is 11.4 Å². The number of halogens is 2. The monoisotopic (exact) mass is 395 g/mol. The number of carbonyl (C=O) groups excluding carboxylic acids is 2. The van der Waals surface area contributed by atoms with Crippen LogP contribution in [0.1, 0.15) is 33.6 Å². The molecule has 1 aliphatic heterocycles. The van der Waals surface area contributed by atoms with Gasteiger partial charge in [-0.3, -0.25) is 4.79 Å². The quantitative estimate of drug-likeness (QED) is 0.336. The van der Waals surface area contributed by atoms with Crippen molar-refractivity contribution >= 4 is 39.7 Å². The molecular weight excluding hydrogens is 378 g/mol. The average Bonchev–Trinajstić information content (AvgIpc) is 3.27. The van der Waals surface area contributed by atoms with Crippen LogP contribution in [-0.2, 0) is 14.3 Å². The third-order valence-electron chi connectivity index (χ3n) is 4.47. The van der Waals surface area contributed by atoms with Crippen LogP contribution in [0.3, 0.4) is 0 Å². The fourth-order valence-electron chi connectivity index (χ4n) is 2.90. The van der Waals surface area contributed by atoms with E-state index in [1.807, 2.05) is 19.9 Å². The van der Waals surface area contributed by atoms with Crippen LogP contribution in [0.15, 0.2) is 11.6 Å². The van der Waals surface area contributed by atoms with Gasteiger partial charge in [-0.15, -0.1) is 0 Å². The summed E-state index contributed by atoms with van der Waals surface area (Å²) in [5.41, 5.74) is -1.18. The Morgan fingerprint density at radius 1 is 1.50 bits per heavy atom. The summed E-state index contributed by atoms with van der Waals surface area (Å²) in [6.45, 7) is 5.26. The Morgan fingerprint density at radius 2 is 2.09 bits per heavy atom. The minimum absolute atomic E-state index is 0.388. The number of carbonyl (C=O) groups is 2. The van der Waals surface area contributed by atoms with Gasteiger partial charge in [0.2, 0.25) is 5.91 Å². The predicted octanol–water partition coefficient (Wildman–Crippen LogP) is 2.52. The molecule has 2 aliphatic rings. The largest absolute Gasteiger partial charge is 0.444 e. The van der Waals surface area contributed by atoms with Crippen LogP contribution in [0.5, 0.6) is 0 Å². The summed E-state index contributed by atoms with van der Waals surface area (Å²) in [6, 6.07) is 0. The van der Waals surface area contributed by atoms with E-state index in [-0.39, 0.29) is 0 Å². The Morgan fingerprint density at radius 3 is 2.55 bits per heavy atom. The van der Waals surface area contributed by atoms with Crippen LogP contribution < -0.4 is 0 Å². The summed E-state index contributed by atoms with van der Waals surface area (Å²) >= 11 is 9.01. The van der Waals surface area contributed by atoms with E-state index in [2.05, 4.69) is 15.9 Å². The number of rotatable bonds is 2. The number of ether oxygens (including phenoxy) is 2. The van der Waals surface area contributed by atoms with Crippen LogP contribution in [-0.4, -0.2) is 50.3 Å². The van der Waals surface area contributed by atoms with Crippen LogP contribution >= 0.6 is 27.7 Å². The van der Waals surface area contributed by atoms with Gasteiger partial charge in [0, 0.05) is 18.7 Å². The van der Waals surface area contributed by atoms with Gasteiger partial charge in [0.15, 0.2) is 0 Å². The third kappa shape index (κ3) is 2.68. The van der Waals surface area contributed by atoms with Gasteiger partial charge in [-0.1, -0.05) is 22.0 Å². The topological polar surface area (TPSA) is 79.4 Å². The van der Waals surface area contributed by atoms with Gasteiger partial charge in [-0.05, 0) is 32.3 Å². The SMILES string of the molecule is CC=C(C)[C@]1(O)[C@@H](Br)[C@@H](OC(=O)N(Cl)C(C)=O)CC[C@]12CO2. The number of alkyl halides is 1. The van der Waals surface area contributed by atoms with Crippen LogP contribution in [0.25, 0.3) is 0 Å². The molecule has 2 fully saturated rings. The number of epoxide rings is 1. The lowest BCUT2D eigenvalue weighted by molar-refractivity contribution is -0.124. The van der Waals surface area contributed by atoms with Crippen LogP contribution in [0, 0.1) is 0 Å². The van der Waals surface area contributed by atoms with E-state index in [1.165, 1.54) is 0 Å². The first kappa shape index (κ1) is 17.7. The van der Waals surface area contributed by atoms with Crippen molar-refractivity contribution < 1.29 is 24.2 Å². The van der Waals surface area contributed by atoms with Crippen molar-refractivity contribution in [2.24, 2.45) is 0 Å². The minimum atomic E-state index is -1.28. The number of hydrogen-bond acceptors (Lipinski definition) is 5. The van der Waals surface area contributed by atoms with Gasteiger partial charge in [0.1, 0.15) is 17.3 Å². The lowest BCUT2D eigenvalue weighted by Crippen LogP contribution is -2.61. The number of nitrogens with zero attached hydrogens (tertiary/aromatic N) is 1. The number of hydrogen-bond donors (Lipinski definition) is 1. The van der Waals surface area contributed by atoms with Gasteiger partial charge in [0.25, 0.3) is 0 Å². The molecule has 4 atom stereocenters. The number of aliphatic hydroxyl groups is 1. The Labute approximate surface area is 142 Å². The van der Waals surface area contributed by atoms with Gasteiger partial charge in [-0.2, -0.15) is 4.42 Å². The molecule has 1 N–H and O–H groups in total. The Bertz CT molecular complexity index is 521. The van der Waals surface area contributed by atoms with Gasteiger partial charge < -0.3 is 14.6 Å². The summed E-state index contributed by atoms with van der Waals surface area (Å²) in [5, 5.41) is 11.2. The average molecular weight is 397 g/mol. The molecule has 6 nitrogen and oxygen atoms in total. The third-order valence-corrected chi connectivity index (χ3v) is 6.10. The summed E-state index contributed by atoms with van der Waals surface area (Å²) in [4.78, 5) is 22.4. The van der Waals surface area contributed by atoms with Crippen LogP contribution in [0.4, 0.5) is 4.79 Å². The molecular formula is C14H19BrClNO5. The number of amides is 2. The molecule has 0 unspecified atom stereocenters. The van der Waals surface area contributed by atoms with Crippen molar-refractivity contribution in [1.29, 1.82) is 0 Å². The molecule has 124 valence electrons.